The van der Waals surface area contributed by atoms with Crippen LogP contribution in [0.5, 0.6) is 0 Å². The first kappa shape index (κ1) is 17.5. The predicted octanol–water partition coefficient (Wildman–Crippen LogP) is 2.12. The van der Waals surface area contributed by atoms with Gasteiger partial charge in [-0.15, -0.1) is 0 Å². The van der Waals surface area contributed by atoms with E-state index in [2.05, 4.69) is 10.2 Å². The third-order valence-corrected chi connectivity index (χ3v) is 4.42. The molecule has 1 aromatic rings. The molecule has 1 aliphatic rings. The Kier molecular flexibility index (Phi) is 6.16. The molecule has 1 fully saturated rings. The summed E-state index contributed by atoms with van der Waals surface area (Å²) >= 11 is 0. The lowest BCUT2D eigenvalue weighted by atomic mass is 10.1. The lowest BCUT2D eigenvalue weighted by Crippen LogP contribution is -2.51. The van der Waals surface area contributed by atoms with Crippen LogP contribution < -0.4 is 5.32 Å². The molecule has 1 saturated heterocycles. The number of benzene rings is 1. The molecule has 126 valence electrons. The van der Waals surface area contributed by atoms with Gasteiger partial charge in [-0.3, -0.25) is 14.5 Å². The Balaban J connectivity index is 1.76. The van der Waals surface area contributed by atoms with E-state index in [1.54, 1.807) is 0 Å². The molecule has 5 nitrogen and oxygen atoms in total. The monoisotopic (exact) mass is 317 g/mol. The molecule has 0 aromatic heterocycles. The summed E-state index contributed by atoms with van der Waals surface area (Å²) in [6, 6.07) is 7.79. The number of hydrogen-bond acceptors (Lipinski definition) is 3. The van der Waals surface area contributed by atoms with Crippen LogP contribution in [0.15, 0.2) is 24.3 Å². The zero-order valence-electron chi connectivity index (χ0n) is 14.3. The second-order valence-corrected chi connectivity index (χ2v) is 6.32. The predicted molar refractivity (Wildman–Crippen MR) is 92.3 cm³/mol. The Hall–Kier alpha value is -1.88. The molecule has 1 atom stereocenters. The Morgan fingerprint density at radius 3 is 2.30 bits per heavy atom. The standard InChI is InChI=1S/C18H27N3O2/c1-4-15(3)18(23)21-11-9-20(10-12-21)13-17(22)19-16-7-5-14(2)6-8-16/h5-8,15H,4,9-13H2,1-3H3,(H,19,22). The molecule has 0 saturated carbocycles. The molecule has 1 unspecified atom stereocenters. The molecular formula is C18H27N3O2. The van der Waals surface area contributed by atoms with Crippen molar-refractivity contribution in [3.8, 4) is 0 Å². The van der Waals surface area contributed by atoms with Crippen LogP contribution in [0.4, 0.5) is 5.69 Å². The summed E-state index contributed by atoms with van der Waals surface area (Å²) in [7, 11) is 0. The highest BCUT2D eigenvalue weighted by molar-refractivity contribution is 5.92. The van der Waals surface area contributed by atoms with E-state index in [0.717, 1.165) is 25.2 Å². The third-order valence-electron chi connectivity index (χ3n) is 4.42. The van der Waals surface area contributed by atoms with Crippen LogP contribution in [0.1, 0.15) is 25.8 Å². The van der Waals surface area contributed by atoms with Crippen LogP contribution in [-0.2, 0) is 9.59 Å². The molecule has 23 heavy (non-hydrogen) atoms. The number of aryl methyl sites for hydroxylation is 1. The first-order valence-corrected chi connectivity index (χ1v) is 8.37. The van der Waals surface area contributed by atoms with Crippen LogP contribution in [0.2, 0.25) is 0 Å². The van der Waals surface area contributed by atoms with Crippen molar-refractivity contribution in [3.05, 3.63) is 29.8 Å². The van der Waals surface area contributed by atoms with E-state index in [1.165, 1.54) is 5.56 Å². The average Bonchev–Trinajstić information content (AvgIpc) is 2.56. The molecule has 2 amide bonds. The number of hydrogen-bond donors (Lipinski definition) is 1. The highest BCUT2D eigenvalue weighted by Gasteiger charge is 2.24. The van der Waals surface area contributed by atoms with E-state index >= 15 is 0 Å². The van der Waals surface area contributed by atoms with Crippen LogP contribution in [0.3, 0.4) is 0 Å². The van der Waals surface area contributed by atoms with Crippen molar-refractivity contribution in [2.24, 2.45) is 5.92 Å². The maximum Gasteiger partial charge on any atom is 0.238 e. The summed E-state index contributed by atoms with van der Waals surface area (Å²) in [6.45, 7) is 9.33. The second-order valence-electron chi connectivity index (χ2n) is 6.32. The van der Waals surface area contributed by atoms with Crippen molar-refractivity contribution in [3.63, 3.8) is 0 Å². The summed E-state index contributed by atoms with van der Waals surface area (Å²) in [5, 5.41) is 2.92. The van der Waals surface area contributed by atoms with E-state index in [-0.39, 0.29) is 17.7 Å². The largest absolute Gasteiger partial charge is 0.340 e. The fraction of sp³-hybridized carbons (Fsp3) is 0.556. The lowest BCUT2D eigenvalue weighted by molar-refractivity contribution is -0.136. The first-order chi connectivity index (χ1) is 11.0. The second kappa shape index (κ2) is 8.11. The molecular weight excluding hydrogens is 290 g/mol. The quantitative estimate of drug-likeness (QED) is 0.905. The van der Waals surface area contributed by atoms with Gasteiger partial charge in [0.25, 0.3) is 0 Å². The molecule has 1 aromatic carbocycles. The number of amides is 2. The Bertz CT molecular complexity index is 534. The van der Waals surface area contributed by atoms with Crippen LogP contribution in [0.25, 0.3) is 0 Å². The average molecular weight is 317 g/mol. The number of nitrogens with zero attached hydrogens (tertiary/aromatic N) is 2. The Labute approximate surface area is 138 Å². The van der Waals surface area contributed by atoms with Crippen LogP contribution in [0, 0.1) is 12.8 Å². The molecule has 0 spiro atoms. The fourth-order valence-electron chi connectivity index (χ4n) is 2.65. The van der Waals surface area contributed by atoms with Crippen molar-refractivity contribution in [2.45, 2.75) is 27.2 Å². The molecule has 5 heteroatoms. The first-order valence-electron chi connectivity index (χ1n) is 8.37. The number of anilines is 1. The van der Waals surface area contributed by atoms with Crippen molar-refractivity contribution in [2.75, 3.05) is 38.0 Å². The number of carbonyl (C=O) groups is 2. The Morgan fingerprint density at radius 1 is 1.13 bits per heavy atom. The molecule has 0 aliphatic carbocycles. The van der Waals surface area contributed by atoms with Gasteiger partial charge in [-0.1, -0.05) is 31.5 Å². The summed E-state index contributed by atoms with van der Waals surface area (Å²) < 4.78 is 0. The van der Waals surface area contributed by atoms with Crippen molar-refractivity contribution < 1.29 is 9.59 Å². The van der Waals surface area contributed by atoms with Crippen LogP contribution >= 0.6 is 0 Å². The van der Waals surface area contributed by atoms with Crippen LogP contribution in [-0.4, -0.2) is 54.3 Å². The van der Waals surface area contributed by atoms with Gasteiger partial charge < -0.3 is 10.2 Å². The van der Waals surface area contributed by atoms with Crippen molar-refractivity contribution in [1.82, 2.24) is 9.80 Å². The minimum atomic E-state index is -0.00411. The minimum Gasteiger partial charge on any atom is -0.340 e. The molecule has 2 rings (SSSR count). The zero-order valence-corrected chi connectivity index (χ0v) is 14.3. The third kappa shape index (κ3) is 5.06. The Morgan fingerprint density at radius 2 is 1.74 bits per heavy atom. The summed E-state index contributed by atoms with van der Waals surface area (Å²) in [5.74, 6) is 0.318. The number of nitrogens with one attached hydrogen (secondary N) is 1. The van der Waals surface area contributed by atoms with Crippen molar-refractivity contribution >= 4 is 17.5 Å². The van der Waals surface area contributed by atoms with E-state index < -0.39 is 0 Å². The van der Waals surface area contributed by atoms with Gasteiger partial charge in [0.1, 0.15) is 0 Å². The summed E-state index contributed by atoms with van der Waals surface area (Å²) in [4.78, 5) is 28.3. The zero-order chi connectivity index (χ0) is 16.8. The summed E-state index contributed by atoms with van der Waals surface area (Å²) in [5.41, 5.74) is 2.00. The van der Waals surface area contributed by atoms with Gasteiger partial charge >= 0.3 is 0 Å². The maximum absolute atomic E-state index is 12.2. The molecule has 1 N–H and O–H groups in total. The molecule has 0 radical (unpaired) electrons. The van der Waals surface area contributed by atoms with Gasteiger partial charge in [0, 0.05) is 37.8 Å². The smallest absolute Gasteiger partial charge is 0.238 e. The minimum absolute atomic E-state index is 0.00411. The van der Waals surface area contributed by atoms with E-state index in [0.29, 0.717) is 19.6 Å². The van der Waals surface area contributed by atoms with Gasteiger partial charge in [0.05, 0.1) is 6.54 Å². The maximum atomic E-state index is 12.2. The van der Waals surface area contributed by atoms with E-state index in [4.69, 9.17) is 0 Å². The van der Waals surface area contributed by atoms with E-state index in [9.17, 15) is 9.59 Å². The van der Waals surface area contributed by atoms with Crippen molar-refractivity contribution in [1.29, 1.82) is 0 Å². The van der Waals surface area contributed by atoms with Gasteiger partial charge in [0.2, 0.25) is 11.8 Å². The van der Waals surface area contributed by atoms with Gasteiger partial charge in [0.15, 0.2) is 0 Å². The normalized spacial score (nSPS) is 16.9. The molecule has 1 heterocycles. The number of piperazine rings is 1. The number of rotatable bonds is 5. The van der Waals surface area contributed by atoms with E-state index in [1.807, 2.05) is 49.9 Å². The molecule has 0 bridgehead atoms. The lowest BCUT2D eigenvalue weighted by Gasteiger charge is -2.35. The SMILES string of the molecule is CCC(C)C(=O)N1CCN(CC(=O)Nc2ccc(C)cc2)CC1. The number of carbonyl (C=O) groups excluding carboxylic acids is 2. The fourth-order valence-corrected chi connectivity index (χ4v) is 2.65. The molecule has 1 aliphatic heterocycles. The highest BCUT2D eigenvalue weighted by Crippen LogP contribution is 2.11. The summed E-state index contributed by atoms with van der Waals surface area (Å²) in [6.07, 6.45) is 0.873. The van der Waals surface area contributed by atoms with Gasteiger partial charge in [-0.25, -0.2) is 0 Å². The van der Waals surface area contributed by atoms with Gasteiger partial charge in [-0.05, 0) is 25.5 Å². The topological polar surface area (TPSA) is 52.7 Å². The highest BCUT2D eigenvalue weighted by atomic mass is 16.2. The van der Waals surface area contributed by atoms with Gasteiger partial charge in [-0.2, -0.15) is 0 Å².